The van der Waals surface area contributed by atoms with Gasteiger partial charge >= 0.3 is 5.97 Å². The lowest BCUT2D eigenvalue weighted by molar-refractivity contribution is 0.0615. The van der Waals surface area contributed by atoms with Crippen LogP contribution in [0.25, 0.3) is 0 Å². The molecule has 1 unspecified atom stereocenters. The topological polar surface area (TPSA) is 70.7 Å². The number of aliphatic hydroxyl groups is 1. The summed E-state index contributed by atoms with van der Waals surface area (Å²) < 4.78 is 5.11. The van der Waals surface area contributed by atoms with Crippen molar-refractivity contribution < 1.29 is 19.4 Å². The van der Waals surface area contributed by atoms with Crippen LogP contribution >= 0.6 is 11.6 Å². The van der Waals surface area contributed by atoms with Crippen molar-refractivity contribution in [3.05, 3.63) is 58.5 Å². The first-order valence-electron chi connectivity index (χ1n) is 5.22. The molecule has 5 heteroatoms. The normalized spacial score (nSPS) is 14.2. The van der Waals surface area contributed by atoms with Gasteiger partial charge in [-0.1, -0.05) is 23.7 Å². The van der Waals surface area contributed by atoms with Crippen molar-refractivity contribution in [3.8, 4) is 0 Å². The van der Waals surface area contributed by atoms with Crippen LogP contribution < -0.4 is 0 Å². The van der Waals surface area contributed by atoms with Crippen LogP contribution in [0, 0.1) is 0 Å². The molecule has 2 N–H and O–H groups in total. The minimum Gasteiger partial charge on any atom is -0.478 e. The third kappa shape index (κ3) is 2.12. The second kappa shape index (κ2) is 4.48. The molecule has 2 aromatic rings. The van der Waals surface area contributed by atoms with Crippen LogP contribution in [0.1, 0.15) is 28.6 Å². The van der Waals surface area contributed by atoms with Crippen molar-refractivity contribution in [1.82, 2.24) is 0 Å². The number of halogens is 1. The van der Waals surface area contributed by atoms with Gasteiger partial charge in [-0.2, -0.15) is 0 Å². The van der Waals surface area contributed by atoms with Gasteiger partial charge in [0.2, 0.25) is 0 Å². The molecule has 1 aromatic carbocycles. The maximum atomic E-state index is 11.0. The maximum absolute atomic E-state index is 11.0. The highest BCUT2D eigenvalue weighted by Gasteiger charge is 2.33. The summed E-state index contributed by atoms with van der Waals surface area (Å²) in [7, 11) is 0. The molecule has 2 rings (SSSR count). The molecule has 0 aliphatic rings. The second-order valence-corrected chi connectivity index (χ2v) is 4.49. The van der Waals surface area contributed by atoms with E-state index in [1.165, 1.54) is 19.3 Å². The molecule has 0 aliphatic carbocycles. The summed E-state index contributed by atoms with van der Waals surface area (Å²) in [6.07, 6.45) is 1.23. The average molecular weight is 267 g/mol. The third-order valence-electron chi connectivity index (χ3n) is 2.72. The molecule has 0 saturated carbocycles. The highest BCUT2D eigenvalue weighted by atomic mass is 35.5. The highest BCUT2D eigenvalue weighted by Crippen LogP contribution is 2.33. The number of carboxylic acids is 1. The van der Waals surface area contributed by atoms with Crippen LogP contribution in [-0.2, 0) is 5.60 Å². The van der Waals surface area contributed by atoms with Crippen molar-refractivity contribution in [1.29, 1.82) is 0 Å². The van der Waals surface area contributed by atoms with E-state index >= 15 is 0 Å². The minimum atomic E-state index is -1.55. The molecule has 1 atom stereocenters. The molecule has 0 spiro atoms. The van der Waals surface area contributed by atoms with Gasteiger partial charge in [0.15, 0.2) is 5.76 Å². The van der Waals surface area contributed by atoms with Crippen LogP contribution in [0.3, 0.4) is 0 Å². The van der Waals surface area contributed by atoms with E-state index in [4.69, 9.17) is 21.1 Å². The zero-order valence-electron chi connectivity index (χ0n) is 9.55. The Morgan fingerprint density at radius 1 is 1.39 bits per heavy atom. The van der Waals surface area contributed by atoms with Crippen LogP contribution in [0.2, 0.25) is 5.02 Å². The number of carboxylic acid groups (broad SMARTS) is 1. The Morgan fingerprint density at radius 3 is 2.72 bits per heavy atom. The first-order valence-corrected chi connectivity index (χ1v) is 5.60. The third-order valence-corrected chi connectivity index (χ3v) is 2.96. The summed E-state index contributed by atoms with van der Waals surface area (Å²) in [5, 5.41) is 20.0. The van der Waals surface area contributed by atoms with E-state index in [-0.39, 0.29) is 11.3 Å². The Balaban J connectivity index is 2.54. The Bertz CT molecular complexity index is 586. The van der Waals surface area contributed by atoms with E-state index in [1.54, 1.807) is 24.3 Å². The number of benzene rings is 1. The summed E-state index contributed by atoms with van der Waals surface area (Å²) >= 11 is 5.86. The predicted octanol–water partition coefficient (Wildman–Crippen LogP) is 2.89. The van der Waals surface area contributed by atoms with E-state index in [9.17, 15) is 9.90 Å². The Morgan fingerprint density at radius 2 is 2.11 bits per heavy atom. The molecule has 4 nitrogen and oxygen atoms in total. The fraction of sp³-hybridized carbons (Fsp3) is 0.154. The van der Waals surface area contributed by atoms with Crippen molar-refractivity contribution in [3.63, 3.8) is 0 Å². The van der Waals surface area contributed by atoms with Crippen molar-refractivity contribution >= 4 is 17.6 Å². The quantitative estimate of drug-likeness (QED) is 0.896. The number of aromatic carboxylic acids is 1. The molecule has 18 heavy (non-hydrogen) atoms. The lowest BCUT2D eigenvalue weighted by Gasteiger charge is -2.22. The molecule has 0 amide bonds. The molecule has 0 bridgehead atoms. The van der Waals surface area contributed by atoms with Gasteiger partial charge in [0, 0.05) is 5.02 Å². The van der Waals surface area contributed by atoms with Gasteiger partial charge in [-0.25, -0.2) is 4.79 Å². The highest BCUT2D eigenvalue weighted by molar-refractivity contribution is 6.30. The van der Waals surface area contributed by atoms with Crippen molar-refractivity contribution in [2.24, 2.45) is 0 Å². The van der Waals surface area contributed by atoms with Crippen LogP contribution in [0.4, 0.5) is 0 Å². The number of hydrogen-bond donors (Lipinski definition) is 2. The largest absolute Gasteiger partial charge is 0.478 e. The maximum Gasteiger partial charge on any atom is 0.339 e. The lowest BCUT2D eigenvalue weighted by Crippen LogP contribution is -2.24. The standard InChI is InChI=1S/C13H11ClO4/c1-13(17,8-3-2-4-9(14)7-8)11-10(12(15)16)5-6-18-11/h2-7,17H,1H3,(H,15,16). The van der Waals surface area contributed by atoms with Gasteiger partial charge in [0.25, 0.3) is 0 Å². The Hall–Kier alpha value is -1.78. The number of hydrogen-bond acceptors (Lipinski definition) is 3. The van der Waals surface area contributed by atoms with Crippen molar-refractivity contribution in [2.45, 2.75) is 12.5 Å². The predicted molar refractivity (Wildman–Crippen MR) is 65.8 cm³/mol. The van der Waals surface area contributed by atoms with Crippen LogP contribution in [0.15, 0.2) is 41.0 Å². The summed E-state index contributed by atoms with van der Waals surface area (Å²) in [5.41, 5.74) is -1.16. The zero-order valence-corrected chi connectivity index (χ0v) is 10.3. The summed E-state index contributed by atoms with van der Waals surface area (Å²) in [6.45, 7) is 1.46. The number of furan rings is 1. The lowest BCUT2D eigenvalue weighted by atomic mass is 9.91. The van der Waals surface area contributed by atoms with Crippen LogP contribution in [-0.4, -0.2) is 16.2 Å². The monoisotopic (exact) mass is 266 g/mol. The van der Waals surface area contributed by atoms with E-state index < -0.39 is 11.6 Å². The van der Waals surface area contributed by atoms with Gasteiger partial charge in [-0.15, -0.1) is 0 Å². The first kappa shape index (κ1) is 12.7. The molecule has 1 aromatic heterocycles. The van der Waals surface area contributed by atoms with Gasteiger partial charge in [-0.05, 0) is 30.7 Å². The Kier molecular flexibility index (Phi) is 3.15. The molecule has 0 radical (unpaired) electrons. The van der Waals surface area contributed by atoms with Gasteiger partial charge < -0.3 is 14.6 Å². The summed E-state index contributed by atoms with van der Waals surface area (Å²) in [6, 6.07) is 7.86. The molecule has 1 heterocycles. The smallest absolute Gasteiger partial charge is 0.339 e. The number of carbonyl (C=O) groups is 1. The SMILES string of the molecule is CC(O)(c1cccc(Cl)c1)c1occc1C(=O)O. The first-order chi connectivity index (χ1) is 8.43. The molecular weight excluding hydrogens is 256 g/mol. The number of rotatable bonds is 3. The van der Waals surface area contributed by atoms with E-state index in [0.717, 1.165) is 0 Å². The molecular formula is C13H11ClO4. The molecule has 0 saturated heterocycles. The summed E-state index contributed by atoms with van der Waals surface area (Å²) in [4.78, 5) is 11.0. The molecule has 0 fully saturated rings. The molecule has 0 aliphatic heterocycles. The van der Waals surface area contributed by atoms with Gasteiger partial charge in [0.1, 0.15) is 11.2 Å². The average Bonchev–Trinajstić information content (AvgIpc) is 2.78. The zero-order chi connectivity index (χ0) is 13.3. The second-order valence-electron chi connectivity index (χ2n) is 4.05. The fourth-order valence-corrected chi connectivity index (χ4v) is 1.97. The fourth-order valence-electron chi connectivity index (χ4n) is 1.78. The summed E-state index contributed by atoms with van der Waals surface area (Å²) in [5.74, 6) is -1.17. The van der Waals surface area contributed by atoms with Crippen molar-refractivity contribution in [2.75, 3.05) is 0 Å². The van der Waals surface area contributed by atoms with Gasteiger partial charge in [0.05, 0.1) is 6.26 Å². The van der Waals surface area contributed by atoms with Gasteiger partial charge in [-0.3, -0.25) is 0 Å². The Labute approximate surface area is 108 Å². The van der Waals surface area contributed by atoms with E-state index in [0.29, 0.717) is 10.6 Å². The van der Waals surface area contributed by atoms with Crippen LogP contribution in [0.5, 0.6) is 0 Å². The molecule has 94 valence electrons. The minimum absolute atomic E-state index is 0.0164. The van der Waals surface area contributed by atoms with E-state index in [1.807, 2.05) is 0 Å². The van der Waals surface area contributed by atoms with E-state index in [2.05, 4.69) is 0 Å².